The van der Waals surface area contributed by atoms with Gasteiger partial charge in [-0.05, 0) is 42.7 Å². The summed E-state index contributed by atoms with van der Waals surface area (Å²) in [5.74, 6) is -1.94. The number of amides is 5. The molecule has 3 rings (SSSR count). The van der Waals surface area contributed by atoms with Gasteiger partial charge in [-0.15, -0.1) is 11.8 Å². The molecule has 1 saturated heterocycles. The van der Waals surface area contributed by atoms with E-state index in [0.717, 1.165) is 39.5 Å². The number of likely N-dealkylation sites (N-methyl/N-ethyl adjacent to an activating group) is 1. The van der Waals surface area contributed by atoms with Gasteiger partial charge in [0.05, 0.1) is 0 Å². The van der Waals surface area contributed by atoms with Crippen molar-refractivity contribution < 1.29 is 19.2 Å². The van der Waals surface area contributed by atoms with Gasteiger partial charge in [-0.25, -0.2) is 9.69 Å². The minimum atomic E-state index is -0.904. The first kappa shape index (κ1) is 21.4. The Labute approximate surface area is 175 Å². The molecule has 8 heteroatoms. The summed E-state index contributed by atoms with van der Waals surface area (Å²) in [4.78, 5) is 54.7. The number of carbonyl (C=O) groups is 4. The van der Waals surface area contributed by atoms with Gasteiger partial charge in [0.25, 0.3) is 0 Å². The van der Waals surface area contributed by atoms with E-state index in [1.54, 1.807) is 18.8 Å². The van der Waals surface area contributed by atoms with Crippen molar-refractivity contribution in [2.75, 3.05) is 19.8 Å². The van der Waals surface area contributed by atoms with Crippen molar-refractivity contribution in [3.8, 4) is 0 Å². The molecule has 1 aromatic carbocycles. The Morgan fingerprint density at radius 2 is 1.76 bits per heavy atom. The second-order valence-electron chi connectivity index (χ2n) is 7.78. The Kier molecular flexibility index (Phi) is 6.62. The summed E-state index contributed by atoms with van der Waals surface area (Å²) in [5.41, 5.74) is 0.950. The maximum atomic E-state index is 12.8. The molecule has 156 valence electrons. The average Bonchev–Trinajstić information content (AvgIpc) is 2.92. The highest BCUT2D eigenvalue weighted by atomic mass is 32.2. The third-order valence-corrected chi connectivity index (χ3v) is 6.52. The molecule has 2 atom stereocenters. The summed E-state index contributed by atoms with van der Waals surface area (Å²) >= 11 is 1.64. The predicted octanol–water partition coefficient (Wildman–Crippen LogP) is 2.74. The summed E-state index contributed by atoms with van der Waals surface area (Å²) in [5, 5.41) is 0. The average molecular weight is 418 g/mol. The van der Waals surface area contributed by atoms with Gasteiger partial charge in [0, 0.05) is 24.5 Å². The molecule has 0 bridgehead atoms. The quantitative estimate of drug-likeness (QED) is 0.404. The van der Waals surface area contributed by atoms with Crippen LogP contribution in [0.25, 0.3) is 0 Å². The molecular weight excluding hydrogens is 390 g/mol. The molecule has 7 nitrogen and oxygen atoms in total. The first-order valence-corrected chi connectivity index (χ1v) is 11.1. The van der Waals surface area contributed by atoms with Crippen LogP contribution in [0.2, 0.25) is 0 Å². The van der Waals surface area contributed by atoms with Gasteiger partial charge in [0.2, 0.25) is 5.91 Å². The Bertz CT molecular complexity index is 811. The molecule has 1 aliphatic carbocycles. The molecular formula is C21H27N3O4S. The van der Waals surface area contributed by atoms with Crippen LogP contribution in [0.5, 0.6) is 0 Å². The van der Waals surface area contributed by atoms with Gasteiger partial charge in [0.1, 0.15) is 6.54 Å². The third kappa shape index (κ3) is 4.47. The fraction of sp³-hybridized carbons (Fsp3) is 0.524. The van der Waals surface area contributed by atoms with Crippen LogP contribution in [0, 0.1) is 5.92 Å². The lowest BCUT2D eigenvalue weighted by molar-refractivity contribution is -0.145. The van der Waals surface area contributed by atoms with E-state index in [1.165, 1.54) is 4.90 Å². The zero-order chi connectivity index (χ0) is 21.1. The number of imide groups is 2. The van der Waals surface area contributed by atoms with E-state index in [-0.39, 0.29) is 17.9 Å². The minimum absolute atomic E-state index is 0.159. The molecule has 0 aromatic heterocycles. The Morgan fingerprint density at radius 3 is 2.38 bits per heavy atom. The van der Waals surface area contributed by atoms with E-state index in [2.05, 4.69) is 0 Å². The molecule has 2 fully saturated rings. The topological polar surface area (TPSA) is 78.0 Å². The summed E-state index contributed by atoms with van der Waals surface area (Å²) in [6.07, 6.45) is 5.62. The summed E-state index contributed by atoms with van der Waals surface area (Å²) in [6.45, 7) is 1.94. The number of benzene rings is 1. The molecule has 0 radical (unpaired) electrons. The normalized spacial score (nSPS) is 22.4. The van der Waals surface area contributed by atoms with E-state index in [0.29, 0.717) is 13.0 Å². The van der Waals surface area contributed by atoms with E-state index in [1.807, 2.05) is 37.4 Å². The Morgan fingerprint density at radius 1 is 1.10 bits per heavy atom. The highest BCUT2D eigenvalue weighted by Gasteiger charge is 2.49. The Hall–Kier alpha value is -2.35. The predicted molar refractivity (Wildman–Crippen MR) is 110 cm³/mol. The second kappa shape index (κ2) is 8.98. The molecule has 5 amide bonds. The lowest BCUT2D eigenvalue weighted by atomic mass is 9.85. The molecule has 1 heterocycles. The zero-order valence-corrected chi connectivity index (χ0v) is 17.9. The van der Waals surface area contributed by atoms with Crippen LogP contribution in [0.1, 0.15) is 38.2 Å². The molecule has 1 aliphatic heterocycles. The summed E-state index contributed by atoms with van der Waals surface area (Å²) in [6, 6.07) is 6.92. The lowest BCUT2D eigenvalue weighted by Crippen LogP contribution is -2.47. The number of hydrogen-bond donors (Lipinski definition) is 0. The Balaban J connectivity index is 1.65. The summed E-state index contributed by atoms with van der Waals surface area (Å²) < 4.78 is 0. The van der Waals surface area contributed by atoms with Gasteiger partial charge < -0.3 is 4.90 Å². The molecule has 0 spiro atoms. The van der Waals surface area contributed by atoms with Crippen LogP contribution in [0.3, 0.4) is 0 Å². The molecule has 2 aliphatic rings. The molecule has 29 heavy (non-hydrogen) atoms. The van der Waals surface area contributed by atoms with Crippen molar-refractivity contribution in [3.63, 3.8) is 0 Å². The number of hydrogen-bond acceptors (Lipinski definition) is 5. The maximum Gasteiger partial charge on any atom is 0.334 e. The first-order chi connectivity index (χ1) is 13.8. The van der Waals surface area contributed by atoms with E-state index >= 15 is 0 Å². The molecule has 1 aromatic rings. The third-order valence-electron chi connectivity index (χ3n) is 5.78. The van der Waals surface area contributed by atoms with Gasteiger partial charge >= 0.3 is 17.8 Å². The van der Waals surface area contributed by atoms with Crippen LogP contribution in [0.4, 0.5) is 4.79 Å². The molecule has 0 unspecified atom stereocenters. The van der Waals surface area contributed by atoms with E-state index in [4.69, 9.17) is 0 Å². The monoisotopic (exact) mass is 417 g/mol. The van der Waals surface area contributed by atoms with E-state index < -0.39 is 24.4 Å². The largest absolute Gasteiger partial charge is 0.340 e. The highest BCUT2D eigenvalue weighted by Crippen LogP contribution is 2.31. The van der Waals surface area contributed by atoms with Gasteiger partial charge in [-0.1, -0.05) is 31.9 Å². The van der Waals surface area contributed by atoms with Crippen LogP contribution in [-0.4, -0.2) is 64.3 Å². The highest BCUT2D eigenvalue weighted by molar-refractivity contribution is 7.98. The maximum absolute atomic E-state index is 12.8. The van der Waals surface area contributed by atoms with Gasteiger partial charge in [-0.3, -0.25) is 19.3 Å². The van der Waals surface area contributed by atoms with Gasteiger partial charge in [0.15, 0.2) is 0 Å². The van der Waals surface area contributed by atoms with Crippen molar-refractivity contribution in [3.05, 3.63) is 29.8 Å². The molecule has 1 saturated carbocycles. The van der Waals surface area contributed by atoms with E-state index in [9.17, 15) is 19.2 Å². The first-order valence-electron chi connectivity index (χ1n) is 9.89. The SMILES string of the molecule is CSc1ccc(CN(C)C(=O)CN2C(=O)C(=O)N([C@H]3CCCC[C@@H]3C)C2=O)cc1. The van der Waals surface area contributed by atoms with Crippen LogP contribution in [-0.2, 0) is 20.9 Å². The van der Waals surface area contributed by atoms with Crippen molar-refractivity contribution in [2.45, 2.75) is 50.1 Å². The second-order valence-corrected chi connectivity index (χ2v) is 8.66. The van der Waals surface area contributed by atoms with Crippen molar-refractivity contribution in [2.24, 2.45) is 5.92 Å². The van der Waals surface area contributed by atoms with Crippen molar-refractivity contribution in [1.82, 2.24) is 14.7 Å². The number of urea groups is 1. The van der Waals surface area contributed by atoms with Crippen LogP contribution >= 0.6 is 11.8 Å². The fourth-order valence-corrected chi connectivity index (χ4v) is 4.39. The summed E-state index contributed by atoms with van der Waals surface area (Å²) in [7, 11) is 1.62. The van der Waals surface area contributed by atoms with Crippen molar-refractivity contribution in [1.29, 1.82) is 0 Å². The van der Waals surface area contributed by atoms with Crippen molar-refractivity contribution >= 4 is 35.5 Å². The number of nitrogens with zero attached hydrogens (tertiary/aromatic N) is 3. The number of rotatable bonds is 6. The van der Waals surface area contributed by atoms with Crippen LogP contribution in [0.15, 0.2) is 29.2 Å². The van der Waals surface area contributed by atoms with Crippen LogP contribution < -0.4 is 0 Å². The fourth-order valence-electron chi connectivity index (χ4n) is 3.98. The number of carbonyl (C=O) groups excluding carboxylic acids is 4. The zero-order valence-electron chi connectivity index (χ0n) is 17.1. The lowest BCUT2D eigenvalue weighted by Gasteiger charge is -2.34. The molecule has 0 N–H and O–H groups in total. The van der Waals surface area contributed by atoms with Gasteiger partial charge in [-0.2, -0.15) is 0 Å². The minimum Gasteiger partial charge on any atom is -0.340 e. The smallest absolute Gasteiger partial charge is 0.334 e. The number of thioether (sulfide) groups is 1. The standard InChI is InChI=1S/C21H27N3O4S/c1-14-6-4-5-7-17(14)24-20(27)19(26)23(21(24)28)13-18(25)22(2)12-15-8-10-16(29-3)11-9-15/h8-11,14,17H,4-7,12-13H2,1-3H3/t14-,17-/m0/s1.